The largest absolute Gasteiger partial charge is 0.489 e. The van der Waals surface area contributed by atoms with E-state index >= 15 is 0 Å². The fourth-order valence-electron chi connectivity index (χ4n) is 7.28. The van der Waals surface area contributed by atoms with Crippen LogP contribution in [0.2, 0.25) is 0 Å². The topological polar surface area (TPSA) is 85.4 Å². The molecule has 5 aliphatic rings. The van der Waals surface area contributed by atoms with Gasteiger partial charge in [0, 0.05) is 57.0 Å². The summed E-state index contributed by atoms with van der Waals surface area (Å²) < 4.78 is 6.62. The molecule has 0 spiro atoms. The first kappa shape index (κ1) is 22.4. The smallest absolute Gasteiger partial charge is 0.216 e. The van der Waals surface area contributed by atoms with Crippen molar-refractivity contribution in [2.75, 3.05) is 6.54 Å². The van der Waals surface area contributed by atoms with Crippen molar-refractivity contribution in [2.24, 2.45) is 23.2 Å². The number of nitrogens with zero attached hydrogens (tertiary/aromatic N) is 1. The van der Waals surface area contributed by atoms with E-state index in [1.807, 2.05) is 12.4 Å². The number of nitrogens with one attached hydrogen (secondary N) is 1. The van der Waals surface area contributed by atoms with Gasteiger partial charge in [-0.15, -0.1) is 0 Å². The lowest BCUT2D eigenvalue weighted by Crippen LogP contribution is -2.45. The molecule has 6 heteroatoms. The van der Waals surface area contributed by atoms with Crippen LogP contribution in [0.3, 0.4) is 0 Å². The molecule has 2 fully saturated rings. The van der Waals surface area contributed by atoms with Crippen LogP contribution in [0.15, 0.2) is 47.0 Å². The summed E-state index contributed by atoms with van der Waals surface area (Å²) in [4.78, 5) is 42.1. The highest BCUT2D eigenvalue weighted by Gasteiger charge is 2.59. The van der Waals surface area contributed by atoms with Crippen molar-refractivity contribution in [3.63, 3.8) is 0 Å². The Hall–Kier alpha value is -3.02. The molecule has 0 aromatic carbocycles. The van der Waals surface area contributed by atoms with Gasteiger partial charge in [-0.1, -0.05) is 18.6 Å². The van der Waals surface area contributed by atoms with Crippen molar-refractivity contribution in [1.29, 1.82) is 0 Å². The Kier molecular flexibility index (Phi) is 5.31. The van der Waals surface area contributed by atoms with Crippen LogP contribution >= 0.6 is 0 Å². The minimum Gasteiger partial charge on any atom is -0.489 e. The fourth-order valence-corrected chi connectivity index (χ4v) is 7.28. The minimum absolute atomic E-state index is 0.0501. The number of aryl methyl sites for hydroxylation is 1. The van der Waals surface area contributed by atoms with Crippen LogP contribution in [0.25, 0.3) is 6.08 Å². The van der Waals surface area contributed by atoms with E-state index in [0.717, 1.165) is 37.0 Å². The quantitative estimate of drug-likeness (QED) is 0.716. The minimum atomic E-state index is -0.156. The number of ketones is 2. The number of allylic oxidation sites excluding steroid dienone is 4. The molecular formula is C29H32N2O4. The maximum absolute atomic E-state index is 13.5. The molecule has 1 aromatic rings. The lowest BCUT2D eigenvalue weighted by molar-refractivity contribution is -0.121. The van der Waals surface area contributed by atoms with E-state index in [1.165, 1.54) is 23.6 Å². The fraction of sp³-hybridized carbons (Fsp3) is 0.517. The summed E-state index contributed by atoms with van der Waals surface area (Å²) >= 11 is 0. The molecule has 0 bridgehead atoms. The van der Waals surface area contributed by atoms with Crippen LogP contribution in [0, 0.1) is 23.2 Å². The van der Waals surface area contributed by atoms with E-state index in [0.29, 0.717) is 37.2 Å². The molecule has 2 heterocycles. The van der Waals surface area contributed by atoms with Gasteiger partial charge in [0.2, 0.25) is 5.91 Å². The Labute approximate surface area is 205 Å². The standard InChI is InChI=1S/C29H32N2O4/c1-16(32)31-14-17-9-24(33)22-12-20-5-7-29(2)23(28(20)35-26(22)10-17)13-25(34)27(29)19-4-3-18-6-8-30-15-21(18)11-19/h6,8,11-12,15,17,23,27-28H,3-5,7,9-10,13-14H2,1-2H3,(H,31,32)/t17?,23?,27?,28-,29+/m1/s1. The summed E-state index contributed by atoms with van der Waals surface area (Å²) in [6.45, 7) is 4.26. The third kappa shape index (κ3) is 3.69. The summed E-state index contributed by atoms with van der Waals surface area (Å²) in [5.74, 6) is 1.16. The molecular weight excluding hydrogens is 440 g/mol. The first-order chi connectivity index (χ1) is 16.8. The van der Waals surface area contributed by atoms with Crippen molar-refractivity contribution >= 4 is 23.5 Å². The Morgan fingerprint density at radius 1 is 1.14 bits per heavy atom. The predicted molar refractivity (Wildman–Crippen MR) is 131 cm³/mol. The molecule has 6 nitrogen and oxygen atoms in total. The SMILES string of the molecule is CC(=O)NCC1CC(=O)C2=C(C1)O[C@@H]1C(=C2)CC[C@]2(C)C(C3=Cc4cnccc4CC3)C(=O)CC12. The van der Waals surface area contributed by atoms with E-state index in [9.17, 15) is 14.4 Å². The molecule has 5 atom stereocenters. The number of hydrogen-bond donors (Lipinski definition) is 1. The van der Waals surface area contributed by atoms with Gasteiger partial charge < -0.3 is 10.1 Å². The average Bonchev–Trinajstić information content (AvgIpc) is 3.12. The van der Waals surface area contributed by atoms with E-state index in [4.69, 9.17) is 4.74 Å². The molecule has 4 aliphatic carbocycles. The van der Waals surface area contributed by atoms with Crippen molar-refractivity contribution in [1.82, 2.24) is 10.3 Å². The van der Waals surface area contributed by atoms with Crippen LogP contribution in [-0.4, -0.2) is 35.1 Å². The van der Waals surface area contributed by atoms with Crippen molar-refractivity contribution in [3.05, 3.63) is 58.1 Å². The van der Waals surface area contributed by atoms with Crippen molar-refractivity contribution < 1.29 is 19.1 Å². The number of fused-ring (bicyclic) bond motifs is 4. The third-order valence-electron chi connectivity index (χ3n) is 9.06. The molecule has 2 saturated carbocycles. The zero-order valence-electron chi connectivity index (χ0n) is 20.4. The first-order valence-electron chi connectivity index (χ1n) is 12.9. The molecule has 1 aromatic heterocycles. The second-order valence-electron chi connectivity index (χ2n) is 11.2. The van der Waals surface area contributed by atoms with Gasteiger partial charge in [-0.2, -0.15) is 0 Å². The van der Waals surface area contributed by atoms with Crippen LogP contribution in [0.5, 0.6) is 0 Å². The van der Waals surface area contributed by atoms with Gasteiger partial charge in [-0.05, 0) is 65.9 Å². The molecule has 3 unspecified atom stereocenters. The van der Waals surface area contributed by atoms with Gasteiger partial charge in [0.15, 0.2) is 5.78 Å². The van der Waals surface area contributed by atoms with Gasteiger partial charge in [0.05, 0.1) is 5.57 Å². The Morgan fingerprint density at radius 2 is 2.00 bits per heavy atom. The lowest BCUT2D eigenvalue weighted by Gasteiger charge is -2.48. The molecule has 1 amide bonds. The Bertz CT molecular complexity index is 1220. The lowest BCUT2D eigenvalue weighted by atomic mass is 9.60. The van der Waals surface area contributed by atoms with E-state index < -0.39 is 0 Å². The molecule has 6 rings (SSSR count). The molecule has 182 valence electrons. The highest BCUT2D eigenvalue weighted by Crippen LogP contribution is 2.60. The number of rotatable bonds is 3. The number of pyridine rings is 1. The van der Waals surface area contributed by atoms with Crippen LogP contribution in [0.1, 0.15) is 63.5 Å². The zero-order chi connectivity index (χ0) is 24.3. The molecule has 1 aliphatic heterocycles. The number of hydrogen-bond acceptors (Lipinski definition) is 5. The summed E-state index contributed by atoms with van der Waals surface area (Å²) in [6, 6.07) is 2.08. The van der Waals surface area contributed by atoms with E-state index in [1.54, 1.807) is 0 Å². The second-order valence-corrected chi connectivity index (χ2v) is 11.2. The van der Waals surface area contributed by atoms with Crippen molar-refractivity contribution in [2.45, 2.75) is 64.9 Å². The van der Waals surface area contributed by atoms with Gasteiger partial charge >= 0.3 is 0 Å². The highest BCUT2D eigenvalue weighted by atomic mass is 16.5. The van der Waals surface area contributed by atoms with Gasteiger partial charge in [0.25, 0.3) is 0 Å². The van der Waals surface area contributed by atoms with E-state index in [-0.39, 0.29) is 41.0 Å². The number of aromatic nitrogens is 1. The maximum atomic E-state index is 13.5. The second kappa shape index (κ2) is 8.28. The zero-order valence-corrected chi connectivity index (χ0v) is 20.4. The van der Waals surface area contributed by atoms with Crippen LogP contribution < -0.4 is 5.32 Å². The predicted octanol–water partition coefficient (Wildman–Crippen LogP) is 4.11. The summed E-state index contributed by atoms with van der Waals surface area (Å²) in [5, 5.41) is 2.85. The number of ether oxygens (including phenoxy) is 1. The number of Topliss-reactive ketones (excluding diaryl/α,β-unsaturated/α-hetero) is 2. The molecule has 1 N–H and O–H groups in total. The number of carbonyl (C=O) groups is 3. The Morgan fingerprint density at radius 3 is 2.83 bits per heavy atom. The summed E-state index contributed by atoms with van der Waals surface area (Å²) in [6.07, 6.45) is 13.1. The van der Waals surface area contributed by atoms with Gasteiger partial charge in [-0.25, -0.2) is 0 Å². The molecule has 0 saturated heterocycles. The van der Waals surface area contributed by atoms with Crippen LogP contribution in [-0.2, 0) is 25.5 Å². The molecule has 35 heavy (non-hydrogen) atoms. The van der Waals surface area contributed by atoms with Crippen molar-refractivity contribution in [3.8, 4) is 0 Å². The number of carbonyl (C=O) groups excluding carboxylic acids is 3. The summed E-state index contributed by atoms with van der Waals surface area (Å²) in [5.41, 5.74) is 5.40. The normalized spacial score (nSPS) is 33.5. The highest BCUT2D eigenvalue weighted by molar-refractivity contribution is 6.00. The summed E-state index contributed by atoms with van der Waals surface area (Å²) in [7, 11) is 0. The van der Waals surface area contributed by atoms with Gasteiger partial charge in [-0.3, -0.25) is 19.4 Å². The third-order valence-corrected chi connectivity index (χ3v) is 9.06. The number of amides is 1. The monoisotopic (exact) mass is 472 g/mol. The average molecular weight is 473 g/mol. The van der Waals surface area contributed by atoms with Crippen LogP contribution in [0.4, 0.5) is 0 Å². The van der Waals surface area contributed by atoms with Gasteiger partial charge in [0.1, 0.15) is 17.6 Å². The Balaban J connectivity index is 1.27. The first-order valence-corrected chi connectivity index (χ1v) is 12.9. The maximum Gasteiger partial charge on any atom is 0.216 e. The molecule has 0 radical (unpaired) electrons. The van der Waals surface area contributed by atoms with E-state index in [2.05, 4.69) is 35.4 Å².